The summed E-state index contributed by atoms with van der Waals surface area (Å²) in [6, 6.07) is 10.0. The van der Waals surface area contributed by atoms with Crippen LogP contribution in [0, 0.1) is 5.41 Å². The van der Waals surface area contributed by atoms with E-state index in [0.29, 0.717) is 13.2 Å². The molecule has 6 nitrogen and oxygen atoms in total. The van der Waals surface area contributed by atoms with Crippen LogP contribution in [0.5, 0.6) is 0 Å². The molecule has 3 N–H and O–H groups in total. The second-order valence-corrected chi connectivity index (χ2v) is 8.32. The molecule has 3 rings (SSSR count). The number of amides is 1. The number of ether oxygens (including phenoxy) is 2. The van der Waals surface area contributed by atoms with Gasteiger partial charge in [-0.3, -0.25) is 4.79 Å². The van der Waals surface area contributed by atoms with E-state index in [1.165, 1.54) is 0 Å². The van der Waals surface area contributed by atoms with Crippen molar-refractivity contribution in [1.82, 2.24) is 10.6 Å². The molecule has 1 aromatic carbocycles. The maximum Gasteiger partial charge on any atom is 0.234 e. The molecular weight excluding hydrogens is 344 g/mol. The highest BCUT2D eigenvalue weighted by Crippen LogP contribution is 2.36. The highest BCUT2D eigenvalue weighted by atomic mass is 16.7. The van der Waals surface area contributed by atoms with Crippen LogP contribution in [0.15, 0.2) is 30.3 Å². The number of aliphatic hydroxyl groups is 1. The van der Waals surface area contributed by atoms with E-state index in [4.69, 9.17) is 9.47 Å². The maximum atomic E-state index is 12.5. The van der Waals surface area contributed by atoms with Crippen molar-refractivity contribution in [3.63, 3.8) is 0 Å². The monoisotopic (exact) mass is 376 g/mol. The Morgan fingerprint density at radius 1 is 1.22 bits per heavy atom. The van der Waals surface area contributed by atoms with Gasteiger partial charge < -0.3 is 25.2 Å². The fourth-order valence-electron chi connectivity index (χ4n) is 4.04. The minimum Gasteiger partial charge on any atom is -0.396 e. The molecule has 1 aromatic rings. The van der Waals surface area contributed by atoms with E-state index in [-0.39, 0.29) is 36.6 Å². The second-order valence-electron chi connectivity index (χ2n) is 8.32. The van der Waals surface area contributed by atoms with Gasteiger partial charge in [-0.15, -0.1) is 0 Å². The Morgan fingerprint density at radius 3 is 2.44 bits per heavy atom. The Morgan fingerprint density at radius 2 is 1.85 bits per heavy atom. The minimum absolute atomic E-state index is 0.0149. The predicted octanol–water partition coefficient (Wildman–Crippen LogP) is 2.14. The molecule has 0 radical (unpaired) electrons. The van der Waals surface area contributed by atoms with Gasteiger partial charge in [0.05, 0.1) is 19.8 Å². The summed E-state index contributed by atoms with van der Waals surface area (Å²) in [6.07, 6.45) is 3.40. The van der Waals surface area contributed by atoms with Crippen molar-refractivity contribution in [2.45, 2.75) is 57.4 Å². The van der Waals surface area contributed by atoms with Gasteiger partial charge in [0, 0.05) is 36.9 Å². The largest absolute Gasteiger partial charge is 0.396 e. The molecule has 27 heavy (non-hydrogen) atoms. The highest BCUT2D eigenvalue weighted by Gasteiger charge is 2.40. The number of hydrogen-bond acceptors (Lipinski definition) is 5. The molecule has 150 valence electrons. The summed E-state index contributed by atoms with van der Waals surface area (Å²) in [5.74, 6) is -0.415. The van der Waals surface area contributed by atoms with E-state index < -0.39 is 5.79 Å². The molecule has 0 bridgehead atoms. The van der Waals surface area contributed by atoms with Crippen LogP contribution in [-0.4, -0.2) is 49.2 Å². The number of rotatable bonds is 7. The third-order valence-corrected chi connectivity index (χ3v) is 5.71. The van der Waals surface area contributed by atoms with E-state index in [0.717, 1.165) is 31.2 Å². The average Bonchev–Trinajstić information content (AvgIpc) is 3.13. The Bertz CT molecular complexity index is 604. The van der Waals surface area contributed by atoms with Crippen LogP contribution in [0.2, 0.25) is 0 Å². The lowest BCUT2D eigenvalue weighted by Gasteiger charge is -2.36. The lowest BCUT2D eigenvalue weighted by atomic mass is 9.81. The predicted molar refractivity (Wildman–Crippen MR) is 103 cm³/mol. The van der Waals surface area contributed by atoms with Gasteiger partial charge in [0.25, 0.3) is 0 Å². The smallest absolute Gasteiger partial charge is 0.234 e. The number of carbonyl (C=O) groups excluding carboxylic acids is 1. The van der Waals surface area contributed by atoms with Crippen LogP contribution in [0.3, 0.4) is 0 Å². The van der Waals surface area contributed by atoms with E-state index in [9.17, 15) is 9.90 Å². The molecule has 6 heteroatoms. The molecule has 1 amide bonds. The molecule has 1 saturated heterocycles. The second kappa shape index (κ2) is 8.69. The van der Waals surface area contributed by atoms with Crippen molar-refractivity contribution >= 4 is 5.91 Å². The van der Waals surface area contributed by atoms with Gasteiger partial charge in [0.1, 0.15) is 0 Å². The van der Waals surface area contributed by atoms with Crippen molar-refractivity contribution in [3.8, 4) is 0 Å². The molecule has 1 atom stereocenters. The molecular formula is C21H32N2O4. The Balaban J connectivity index is 1.51. The number of aliphatic hydroxyl groups excluding tert-OH is 1. The number of nitrogens with one attached hydrogen (secondary N) is 2. The van der Waals surface area contributed by atoms with E-state index in [1.54, 1.807) is 0 Å². The highest BCUT2D eigenvalue weighted by molar-refractivity contribution is 5.78. The third-order valence-electron chi connectivity index (χ3n) is 5.71. The summed E-state index contributed by atoms with van der Waals surface area (Å²) < 4.78 is 11.5. The van der Waals surface area contributed by atoms with Crippen molar-refractivity contribution in [3.05, 3.63) is 35.9 Å². The fraction of sp³-hybridized carbons (Fsp3) is 0.667. The van der Waals surface area contributed by atoms with Crippen LogP contribution in [-0.2, 0) is 14.3 Å². The normalized spacial score (nSPS) is 21.3. The molecule has 0 aromatic heterocycles. The van der Waals surface area contributed by atoms with E-state index in [1.807, 2.05) is 44.2 Å². The number of benzene rings is 1. The summed E-state index contributed by atoms with van der Waals surface area (Å²) >= 11 is 0. The lowest BCUT2D eigenvalue weighted by molar-refractivity contribution is -0.180. The fourth-order valence-corrected chi connectivity index (χ4v) is 4.04. The molecule has 2 aliphatic rings. The van der Waals surface area contributed by atoms with Gasteiger partial charge in [-0.2, -0.15) is 0 Å². The Kier molecular flexibility index (Phi) is 6.52. The molecule has 1 aliphatic heterocycles. The summed E-state index contributed by atoms with van der Waals surface area (Å²) in [4.78, 5) is 12.5. The van der Waals surface area contributed by atoms with Crippen LogP contribution in [0.1, 0.15) is 51.1 Å². The van der Waals surface area contributed by atoms with Crippen molar-refractivity contribution < 1.29 is 19.4 Å². The maximum absolute atomic E-state index is 12.5. The van der Waals surface area contributed by atoms with E-state index >= 15 is 0 Å². The number of hydrogen-bond donors (Lipinski definition) is 3. The van der Waals surface area contributed by atoms with Gasteiger partial charge in [-0.25, -0.2) is 0 Å². The first kappa shape index (κ1) is 20.3. The third kappa shape index (κ3) is 5.08. The van der Waals surface area contributed by atoms with Gasteiger partial charge in [0.2, 0.25) is 5.91 Å². The lowest BCUT2D eigenvalue weighted by Crippen LogP contribution is -2.47. The zero-order valence-corrected chi connectivity index (χ0v) is 16.4. The zero-order valence-electron chi connectivity index (χ0n) is 16.4. The van der Waals surface area contributed by atoms with Gasteiger partial charge >= 0.3 is 0 Å². The first-order valence-corrected chi connectivity index (χ1v) is 9.91. The molecule has 2 fully saturated rings. The quantitative estimate of drug-likeness (QED) is 0.679. The van der Waals surface area contributed by atoms with Crippen LogP contribution < -0.4 is 10.6 Å². The van der Waals surface area contributed by atoms with Crippen molar-refractivity contribution in [1.29, 1.82) is 0 Å². The molecule has 0 unspecified atom stereocenters. The summed E-state index contributed by atoms with van der Waals surface area (Å²) in [6.45, 7) is 5.59. The average molecular weight is 376 g/mol. The van der Waals surface area contributed by atoms with E-state index in [2.05, 4.69) is 10.6 Å². The van der Waals surface area contributed by atoms with Crippen molar-refractivity contribution in [2.75, 3.05) is 26.4 Å². The first-order valence-electron chi connectivity index (χ1n) is 9.91. The summed E-state index contributed by atoms with van der Waals surface area (Å²) in [5.41, 5.74) is 0.690. The summed E-state index contributed by atoms with van der Waals surface area (Å²) in [5, 5.41) is 16.3. The topological polar surface area (TPSA) is 79.8 Å². The van der Waals surface area contributed by atoms with Crippen LogP contribution >= 0.6 is 0 Å². The summed E-state index contributed by atoms with van der Waals surface area (Å²) in [7, 11) is 0. The zero-order chi connectivity index (χ0) is 19.3. The van der Waals surface area contributed by atoms with Gasteiger partial charge in [-0.05, 0) is 18.4 Å². The van der Waals surface area contributed by atoms with Crippen LogP contribution in [0.4, 0.5) is 0 Å². The van der Waals surface area contributed by atoms with Crippen LogP contribution in [0.25, 0.3) is 0 Å². The molecule has 1 saturated carbocycles. The number of carbonyl (C=O) groups is 1. The standard InChI is InChI=1S/C21H32N2O4/c1-20(2,15-24)19(16-6-4-3-5-7-16)22-14-18(25)23-17-8-10-21(11-9-17)26-12-13-27-21/h3-7,17,19,22,24H,8-15H2,1-2H3,(H,23,25)/t19-/m0/s1. The Hall–Kier alpha value is -1.47. The minimum atomic E-state index is -0.400. The van der Waals surface area contributed by atoms with Gasteiger partial charge in [-0.1, -0.05) is 44.2 Å². The molecule has 1 spiro atoms. The van der Waals surface area contributed by atoms with Crippen molar-refractivity contribution in [2.24, 2.45) is 5.41 Å². The van der Waals surface area contributed by atoms with Gasteiger partial charge in [0.15, 0.2) is 5.79 Å². The SMILES string of the molecule is CC(C)(CO)[C@@H](NCC(=O)NC1CCC2(CC1)OCCO2)c1ccccc1. The molecule has 1 heterocycles. The first-order chi connectivity index (χ1) is 12.9. The Labute approximate surface area is 161 Å². The molecule has 1 aliphatic carbocycles.